The lowest BCUT2D eigenvalue weighted by atomic mass is 9.55. The minimum atomic E-state index is -0.0816. The molecule has 2 fully saturated rings. The summed E-state index contributed by atoms with van der Waals surface area (Å²) in [5, 5.41) is 10.5. The molecule has 0 aromatic rings. The van der Waals surface area contributed by atoms with Crippen molar-refractivity contribution < 1.29 is 9.84 Å². The third kappa shape index (κ3) is 2.91. The molecule has 0 amide bonds. The summed E-state index contributed by atoms with van der Waals surface area (Å²) in [5.74, 6) is 2.12. The van der Waals surface area contributed by atoms with Gasteiger partial charge in [-0.25, -0.2) is 0 Å². The van der Waals surface area contributed by atoms with Gasteiger partial charge in [0.1, 0.15) is 0 Å². The molecule has 0 aliphatic heterocycles. The van der Waals surface area contributed by atoms with E-state index in [1.165, 1.54) is 36.8 Å². The van der Waals surface area contributed by atoms with Crippen LogP contribution in [-0.4, -0.2) is 17.8 Å². The summed E-state index contributed by atoms with van der Waals surface area (Å²) < 4.78 is 5.43. The van der Waals surface area contributed by atoms with Gasteiger partial charge in [0.15, 0.2) is 0 Å². The molecule has 23 heavy (non-hydrogen) atoms. The van der Waals surface area contributed by atoms with Crippen molar-refractivity contribution in [2.75, 3.05) is 6.61 Å². The van der Waals surface area contributed by atoms with Gasteiger partial charge < -0.3 is 9.84 Å². The van der Waals surface area contributed by atoms with Gasteiger partial charge in [-0.05, 0) is 92.8 Å². The Kier molecular flexibility index (Phi) is 5.01. The summed E-state index contributed by atoms with van der Waals surface area (Å²) in [6.07, 6.45) is 15.5. The third-order valence-electron chi connectivity index (χ3n) is 6.78. The van der Waals surface area contributed by atoms with E-state index in [2.05, 4.69) is 32.1 Å². The molecule has 2 nitrogen and oxygen atoms in total. The molecule has 2 saturated carbocycles. The Balaban J connectivity index is 1.88. The first kappa shape index (κ1) is 16.8. The second-order valence-electron chi connectivity index (χ2n) is 7.79. The van der Waals surface area contributed by atoms with E-state index in [4.69, 9.17) is 4.74 Å². The molecule has 0 saturated heterocycles. The van der Waals surface area contributed by atoms with Crippen molar-refractivity contribution in [1.29, 1.82) is 0 Å². The Bertz CT molecular complexity index is 516. The number of rotatable bonds is 4. The predicted molar refractivity (Wildman–Crippen MR) is 94.9 cm³/mol. The van der Waals surface area contributed by atoms with Crippen LogP contribution >= 0.6 is 0 Å². The van der Waals surface area contributed by atoms with Gasteiger partial charge in [-0.15, -0.1) is 0 Å². The highest BCUT2D eigenvalue weighted by Crippen LogP contribution is 2.60. The highest BCUT2D eigenvalue weighted by atomic mass is 16.5. The normalized spacial score (nSPS) is 40.7. The van der Waals surface area contributed by atoms with Crippen molar-refractivity contribution in [3.8, 4) is 0 Å². The summed E-state index contributed by atoms with van der Waals surface area (Å²) in [6.45, 7) is 7.21. The first-order valence-electron chi connectivity index (χ1n) is 9.43. The van der Waals surface area contributed by atoms with E-state index in [-0.39, 0.29) is 11.5 Å². The minimum absolute atomic E-state index is 0.0816. The fourth-order valence-electron chi connectivity index (χ4n) is 5.57. The van der Waals surface area contributed by atoms with E-state index in [0.717, 1.165) is 25.4 Å². The molecule has 2 heteroatoms. The molecule has 0 radical (unpaired) electrons. The molecule has 0 bridgehead atoms. The van der Waals surface area contributed by atoms with E-state index in [1.54, 1.807) is 0 Å². The number of hydrogen-bond donors (Lipinski definition) is 1. The van der Waals surface area contributed by atoms with Crippen LogP contribution in [0.1, 0.15) is 59.3 Å². The lowest BCUT2D eigenvalue weighted by Crippen LogP contribution is -2.44. The van der Waals surface area contributed by atoms with Crippen LogP contribution in [0.5, 0.6) is 0 Å². The van der Waals surface area contributed by atoms with Gasteiger partial charge in [-0.1, -0.05) is 19.1 Å². The van der Waals surface area contributed by atoms with Crippen molar-refractivity contribution in [3.05, 3.63) is 35.6 Å². The van der Waals surface area contributed by atoms with E-state index in [0.29, 0.717) is 11.8 Å². The standard InChI is InChI=1S/C21H32O2/c1-4-6-16-15(12-14-23-5-2)7-8-18-17(16)11-13-21(3)19(18)9-10-20(21)22/h4,6,12,14,17-20,22H,5,7-11,13H2,1-3H3/b6-4+,14-12+/t17?,18-,19?,20+,21+/m1/s1. The van der Waals surface area contributed by atoms with Crippen molar-refractivity contribution >= 4 is 0 Å². The Morgan fingerprint density at radius 2 is 2.04 bits per heavy atom. The Labute approximate surface area is 141 Å². The van der Waals surface area contributed by atoms with Gasteiger partial charge in [-0.2, -0.15) is 0 Å². The van der Waals surface area contributed by atoms with E-state index in [9.17, 15) is 5.11 Å². The zero-order chi connectivity index (χ0) is 16.4. The molecular formula is C21H32O2. The Hall–Kier alpha value is -1.02. The second kappa shape index (κ2) is 6.84. The minimum Gasteiger partial charge on any atom is -0.501 e. The maximum Gasteiger partial charge on any atom is 0.0845 e. The van der Waals surface area contributed by atoms with Crippen LogP contribution in [0.2, 0.25) is 0 Å². The summed E-state index contributed by atoms with van der Waals surface area (Å²) >= 11 is 0. The van der Waals surface area contributed by atoms with Crippen LogP contribution in [0.25, 0.3) is 0 Å². The van der Waals surface area contributed by atoms with Gasteiger partial charge in [-0.3, -0.25) is 0 Å². The Morgan fingerprint density at radius 3 is 2.78 bits per heavy atom. The first-order chi connectivity index (χ1) is 11.1. The lowest BCUT2D eigenvalue weighted by molar-refractivity contribution is -0.0296. The quantitative estimate of drug-likeness (QED) is 0.739. The van der Waals surface area contributed by atoms with Gasteiger partial charge in [0.25, 0.3) is 0 Å². The largest absolute Gasteiger partial charge is 0.501 e. The van der Waals surface area contributed by atoms with Crippen LogP contribution in [0, 0.1) is 23.2 Å². The van der Waals surface area contributed by atoms with Crippen LogP contribution in [-0.2, 0) is 4.74 Å². The highest BCUT2D eigenvalue weighted by molar-refractivity contribution is 5.38. The van der Waals surface area contributed by atoms with E-state index < -0.39 is 0 Å². The Morgan fingerprint density at radius 1 is 1.22 bits per heavy atom. The number of ether oxygens (including phenoxy) is 1. The van der Waals surface area contributed by atoms with Crippen molar-refractivity contribution in [2.45, 2.75) is 65.4 Å². The molecule has 3 aliphatic rings. The molecular weight excluding hydrogens is 284 g/mol. The number of hydrogen-bond acceptors (Lipinski definition) is 2. The molecule has 0 spiro atoms. The monoisotopic (exact) mass is 316 g/mol. The molecule has 128 valence electrons. The van der Waals surface area contributed by atoms with Gasteiger partial charge in [0.2, 0.25) is 0 Å². The zero-order valence-electron chi connectivity index (χ0n) is 14.9. The number of aliphatic hydroxyl groups excluding tert-OH is 1. The number of allylic oxidation sites excluding steroid dienone is 5. The molecule has 3 rings (SSSR count). The van der Waals surface area contributed by atoms with Gasteiger partial charge >= 0.3 is 0 Å². The second-order valence-corrected chi connectivity index (χ2v) is 7.79. The zero-order valence-corrected chi connectivity index (χ0v) is 14.9. The average Bonchev–Trinajstić information content (AvgIpc) is 2.85. The maximum atomic E-state index is 10.5. The van der Waals surface area contributed by atoms with Crippen LogP contribution in [0.4, 0.5) is 0 Å². The summed E-state index contributed by atoms with van der Waals surface area (Å²) in [7, 11) is 0. The van der Waals surface area contributed by atoms with Gasteiger partial charge in [0, 0.05) is 0 Å². The molecule has 0 heterocycles. The van der Waals surface area contributed by atoms with E-state index >= 15 is 0 Å². The van der Waals surface area contributed by atoms with Crippen molar-refractivity contribution in [1.82, 2.24) is 0 Å². The van der Waals surface area contributed by atoms with Crippen LogP contribution in [0.15, 0.2) is 35.6 Å². The topological polar surface area (TPSA) is 29.5 Å². The SMILES string of the molecule is C/C=C/C1=C(/C=C/OCC)CC[C@@H]2C1CC[C@@]1(C)C2CC[C@@H]1O. The fraction of sp³-hybridized carbons (Fsp3) is 0.714. The summed E-state index contributed by atoms with van der Waals surface area (Å²) in [6, 6.07) is 0. The molecule has 5 atom stereocenters. The van der Waals surface area contributed by atoms with Crippen molar-refractivity contribution in [2.24, 2.45) is 23.2 Å². The summed E-state index contributed by atoms with van der Waals surface area (Å²) in [5.41, 5.74) is 3.16. The highest BCUT2D eigenvalue weighted by Gasteiger charge is 2.54. The van der Waals surface area contributed by atoms with Crippen LogP contribution in [0.3, 0.4) is 0 Å². The first-order valence-corrected chi connectivity index (χ1v) is 9.43. The van der Waals surface area contributed by atoms with Gasteiger partial charge in [0.05, 0.1) is 19.0 Å². The fourth-order valence-corrected chi connectivity index (χ4v) is 5.57. The molecule has 0 aromatic heterocycles. The molecule has 0 aromatic carbocycles. The molecule has 3 aliphatic carbocycles. The lowest BCUT2D eigenvalue weighted by Gasteiger charge is -2.50. The predicted octanol–water partition coefficient (Wildman–Crippen LogP) is 5.01. The summed E-state index contributed by atoms with van der Waals surface area (Å²) in [4.78, 5) is 0. The number of aliphatic hydroxyl groups is 1. The molecule has 2 unspecified atom stereocenters. The van der Waals surface area contributed by atoms with E-state index in [1.807, 2.05) is 13.2 Å². The maximum absolute atomic E-state index is 10.5. The molecule has 1 N–H and O–H groups in total. The average molecular weight is 316 g/mol. The van der Waals surface area contributed by atoms with Crippen LogP contribution < -0.4 is 0 Å². The van der Waals surface area contributed by atoms with Crippen molar-refractivity contribution in [3.63, 3.8) is 0 Å². The number of fused-ring (bicyclic) bond motifs is 3. The third-order valence-corrected chi connectivity index (χ3v) is 6.78. The smallest absolute Gasteiger partial charge is 0.0845 e.